The Morgan fingerprint density at radius 2 is 1.86 bits per heavy atom. The number of aromatic amines is 1. The van der Waals surface area contributed by atoms with E-state index in [1.807, 2.05) is 12.1 Å². The largest absolute Gasteiger partial charge is 0.497 e. The van der Waals surface area contributed by atoms with Crippen molar-refractivity contribution in [3.8, 4) is 5.75 Å². The number of fused-ring (bicyclic) bond motifs is 7. The first-order valence-electron chi connectivity index (χ1n) is 9.55. The van der Waals surface area contributed by atoms with E-state index in [-0.39, 0.29) is 0 Å². The van der Waals surface area contributed by atoms with Gasteiger partial charge in [0, 0.05) is 22.7 Å². The number of hydrogen-bond acceptors (Lipinski definition) is 4. The van der Waals surface area contributed by atoms with Gasteiger partial charge in [0.15, 0.2) is 0 Å². The Kier molecular flexibility index (Phi) is 4.02. The molecule has 5 nitrogen and oxygen atoms in total. The maximum Gasteiger partial charge on any atom is 0.136 e. The highest BCUT2D eigenvalue weighted by Crippen LogP contribution is 2.38. The van der Waals surface area contributed by atoms with Gasteiger partial charge in [0.05, 0.1) is 29.0 Å². The minimum atomic E-state index is 0.655. The van der Waals surface area contributed by atoms with Crippen LogP contribution in [-0.2, 0) is 0 Å². The zero-order valence-corrected chi connectivity index (χ0v) is 15.8. The van der Waals surface area contributed by atoms with E-state index in [2.05, 4.69) is 52.8 Å². The fourth-order valence-corrected chi connectivity index (χ4v) is 3.93. The summed E-state index contributed by atoms with van der Waals surface area (Å²) in [6, 6.07) is 18.7. The van der Waals surface area contributed by atoms with E-state index in [1.165, 1.54) is 5.39 Å². The van der Waals surface area contributed by atoms with Crippen molar-refractivity contribution < 1.29 is 4.74 Å². The highest BCUT2D eigenvalue weighted by atomic mass is 16.5. The number of anilines is 1. The predicted molar refractivity (Wildman–Crippen MR) is 117 cm³/mol. The molecular formula is C23H22N4O. The van der Waals surface area contributed by atoms with Crippen molar-refractivity contribution in [3.63, 3.8) is 0 Å². The van der Waals surface area contributed by atoms with Gasteiger partial charge in [-0.1, -0.05) is 36.4 Å². The number of benzene rings is 3. The molecule has 140 valence electrons. The zero-order valence-electron chi connectivity index (χ0n) is 15.8. The van der Waals surface area contributed by atoms with E-state index in [1.54, 1.807) is 7.11 Å². The number of rotatable bonds is 5. The van der Waals surface area contributed by atoms with Crippen LogP contribution in [0.2, 0.25) is 0 Å². The number of nitrogens with two attached hydrogens (primary N) is 1. The number of aromatic nitrogens is 2. The van der Waals surface area contributed by atoms with E-state index >= 15 is 0 Å². The molecule has 0 spiro atoms. The van der Waals surface area contributed by atoms with Crippen molar-refractivity contribution in [1.82, 2.24) is 9.97 Å². The molecule has 0 saturated carbocycles. The lowest BCUT2D eigenvalue weighted by Crippen LogP contribution is -2.09. The van der Waals surface area contributed by atoms with Gasteiger partial charge >= 0.3 is 0 Å². The van der Waals surface area contributed by atoms with Gasteiger partial charge in [-0.05, 0) is 36.6 Å². The van der Waals surface area contributed by atoms with Gasteiger partial charge in [-0.2, -0.15) is 0 Å². The van der Waals surface area contributed by atoms with Crippen molar-refractivity contribution in [1.29, 1.82) is 0 Å². The van der Waals surface area contributed by atoms with Crippen molar-refractivity contribution in [3.05, 3.63) is 54.6 Å². The van der Waals surface area contributed by atoms with E-state index in [0.717, 1.165) is 62.6 Å². The van der Waals surface area contributed by atoms with Crippen LogP contribution in [0.25, 0.3) is 43.5 Å². The topological polar surface area (TPSA) is 76.0 Å². The molecular weight excluding hydrogens is 348 g/mol. The van der Waals surface area contributed by atoms with Gasteiger partial charge in [-0.15, -0.1) is 0 Å². The second kappa shape index (κ2) is 6.69. The lowest BCUT2D eigenvalue weighted by molar-refractivity contribution is 0.415. The van der Waals surface area contributed by atoms with Crippen LogP contribution in [0, 0.1) is 0 Å². The van der Waals surface area contributed by atoms with E-state index in [0.29, 0.717) is 6.54 Å². The Balaban J connectivity index is 1.89. The zero-order chi connectivity index (χ0) is 19.1. The monoisotopic (exact) mass is 370 g/mol. The smallest absolute Gasteiger partial charge is 0.136 e. The second-order valence-electron chi connectivity index (χ2n) is 7.00. The summed E-state index contributed by atoms with van der Waals surface area (Å²) in [4.78, 5) is 8.60. The average molecular weight is 370 g/mol. The van der Waals surface area contributed by atoms with E-state index in [4.69, 9.17) is 15.5 Å². The molecule has 0 aliphatic carbocycles. The molecule has 0 unspecified atom stereocenters. The number of hydrogen-bond donors (Lipinski definition) is 3. The third-order valence-corrected chi connectivity index (χ3v) is 5.31. The summed E-state index contributed by atoms with van der Waals surface area (Å²) in [6.07, 6.45) is 0.901. The Morgan fingerprint density at radius 1 is 1.00 bits per heavy atom. The van der Waals surface area contributed by atoms with Crippen LogP contribution < -0.4 is 15.8 Å². The average Bonchev–Trinajstić information content (AvgIpc) is 3.14. The van der Waals surface area contributed by atoms with Gasteiger partial charge in [-0.25, -0.2) is 4.98 Å². The summed E-state index contributed by atoms with van der Waals surface area (Å²) in [6.45, 7) is 1.45. The molecule has 0 aliphatic heterocycles. The first-order chi connectivity index (χ1) is 13.8. The number of pyridine rings is 1. The first-order valence-corrected chi connectivity index (χ1v) is 9.55. The number of methoxy groups -OCH3 is 1. The molecule has 4 N–H and O–H groups in total. The summed E-state index contributed by atoms with van der Waals surface area (Å²) in [5.41, 5.74) is 8.85. The fourth-order valence-electron chi connectivity index (χ4n) is 3.93. The second-order valence-corrected chi connectivity index (χ2v) is 7.00. The van der Waals surface area contributed by atoms with Crippen molar-refractivity contribution in [2.24, 2.45) is 5.73 Å². The van der Waals surface area contributed by atoms with Crippen LogP contribution in [0.15, 0.2) is 54.6 Å². The lowest BCUT2D eigenvalue weighted by Gasteiger charge is -2.09. The number of ether oxygens (including phenoxy) is 1. The number of para-hydroxylation sites is 1. The molecule has 0 fully saturated rings. The highest BCUT2D eigenvalue weighted by molar-refractivity contribution is 6.24. The standard InChI is InChI=1S/C23H22N4O/c1-28-15-9-7-14-8-10-17-20-22(27-21(17)18(14)13-15)16-5-2-3-6-19(16)26-23(20)25-12-4-11-24/h2-3,5-10,13,27H,4,11-12,24H2,1H3,(H,25,26). The van der Waals surface area contributed by atoms with Crippen LogP contribution in [0.1, 0.15) is 6.42 Å². The Labute approximate surface area is 162 Å². The minimum Gasteiger partial charge on any atom is -0.497 e. The summed E-state index contributed by atoms with van der Waals surface area (Å²) in [5, 5.41) is 9.21. The van der Waals surface area contributed by atoms with Crippen LogP contribution in [0.5, 0.6) is 5.75 Å². The SMILES string of the molecule is COc1ccc2ccc3c([nH]c4c5ccccc5nc(NCCCN)c34)c2c1. The maximum atomic E-state index is 5.68. The van der Waals surface area contributed by atoms with Gasteiger partial charge in [0.2, 0.25) is 0 Å². The van der Waals surface area contributed by atoms with Gasteiger partial charge in [0.1, 0.15) is 11.6 Å². The summed E-state index contributed by atoms with van der Waals surface area (Å²) in [7, 11) is 1.70. The van der Waals surface area contributed by atoms with Gasteiger partial charge in [0.25, 0.3) is 0 Å². The number of nitrogens with one attached hydrogen (secondary N) is 2. The molecule has 5 rings (SSSR count). The molecule has 5 heteroatoms. The van der Waals surface area contributed by atoms with Crippen molar-refractivity contribution in [2.75, 3.05) is 25.5 Å². The molecule has 0 saturated heterocycles. The molecule has 0 amide bonds. The Bertz CT molecular complexity index is 1320. The molecule has 28 heavy (non-hydrogen) atoms. The van der Waals surface area contributed by atoms with E-state index < -0.39 is 0 Å². The van der Waals surface area contributed by atoms with Gasteiger partial charge < -0.3 is 20.8 Å². The lowest BCUT2D eigenvalue weighted by atomic mass is 10.0. The molecule has 0 aliphatic rings. The number of H-pyrrole nitrogens is 1. The molecule has 5 aromatic rings. The molecule has 0 bridgehead atoms. The van der Waals surface area contributed by atoms with Crippen LogP contribution >= 0.6 is 0 Å². The summed E-state index contributed by atoms with van der Waals surface area (Å²) < 4.78 is 5.45. The van der Waals surface area contributed by atoms with Crippen LogP contribution in [-0.4, -0.2) is 30.2 Å². The number of nitrogens with zero attached hydrogens (tertiary/aromatic N) is 1. The summed E-state index contributed by atoms with van der Waals surface area (Å²) >= 11 is 0. The van der Waals surface area contributed by atoms with E-state index in [9.17, 15) is 0 Å². The Hall–Kier alpha value is -3.31. The quantitative estimate of drug-likeness (QED) is 0.389. The highest BCUT2D eigenvalue weighted by Gasteiger charge is 2.15. The predicted octanol–water partition coefficient (Wildman–Crippen LogP) is 4.79. The fraction of sp³-hybridized carbons (Fsp3) is 0.174. The summed E-state index contributed by atoms with van der Waals surface area (Å²) in [5.74, 6) is 1.75. The first kappa shape index (κ1) is 16.8. The van der Waals surface area contributed by atoms with Crippen LogP contribution in [0.3, 0.4) is 0 Å². The van der Waals surface area contributed by atoms with Gasteiger partial charge in [-0.3, -0.25) is 0 Å². The van der Waals surface area contributed by atoms with Crippen LogP contribution in [0.4, 0.5) is 5.82 Å². The maximum absolute atomic E-state index is 5.68. The molecule has 3 aromatic carbocycles. The third kappa shape index (κ3) is 2.55. The van der Waals surface area contributed by atoms with Crippen molar-refractivity contribution in [2.45, 2.75) is 6.42 Å². The Morgan fingerprint density at radius 3 is 2.71 bits per heavy atom. The molecule has 2 aromatic heterocycles. The molecule has 0 radical (unpaired) electrons. The normalized spacial score (nSPS) is 11.6. The molecule has 2 heterocycles. The third-order valence-electron chi connectivity index (χ3n) is 5.31. The molecule has 0 atom stereocenters. The minimum absolute atomic E-state index is 0.655. The van der Waals surface area contributed by atoms with Crippen molar-refractivity contribution >= 4 is 49.3 Å².